The van der Waals surface area contributed by atoms with Crippen molar-refractivity contribution in [1.82, 2.24) is 4.90 Å². The summed E-state index contributed by atoms with van der Waals surface area (Å²) in [5.41, 5.74) is 3.36. The first-order valence-corrected chi connectivity index (χ1v) is 7.63. The Kier molecular flexibility index (Phi) is 7.08. The van der Waals surface area contributed by atoms with E-state index in [-0.39, 0.29) is 23.9 Å². The van der Waals surface area contributed by atoms with Gasteiger partial charge >= 0.3 is 0 Å². The number of ether oxygens (including phenoxy) is 1. The van der Waals surface area contributed by atoms with Gasteiger partial charge in [-0.15, -0.1) is 12.4 Å². The molecule has 0 aliphatic carbocycles. The first-order valence-electron chi connectivity index (χ1n) is 7.26. The first kappa shape index (κ1) is 20.3. The lowest BCUT2D eigenvalue weighted by molar-refractivity contribution is 0.406. The zero-order valence-corrected chi connectivity index (χ0v) is 15.5. The maximum Gasteiger partial charge on any atom is 0.124 e. The van der Waals surface area contributed by atoms with Crippen LogP contribution in [0.2, 0.25) is 5.02 Å². The van der Waals surface area contributed by atoms with Gasteiger partial charge in [-0.2, -0.15) is 0 Å². The third-order valence-electron chi connectivity index (χ3n) is 3.99. The molecule has 0 spiro atoms. The molecule has 24 heavy (non-hydrogen) atoms. The number of nitrogens with zero attached hydrogens (tertiary/aromatic N) is 2. The number of hydrogen-bond donors (Lipinski definition) is 0. The van der Waals surface area contributed by atoms with E-state index in [1.54, 1.807) is 7.11 Å². The summed E-state index contributed by atoms with van der Waals surface area (Å²) in [6, 6.07) is 13.9. The smallest absolute Gasteiger partial charge is 0.124 e. The van der Waals surface area contributed by atoms with Crippen molar-refractivity contribution in [2.75, 3.05) is 21.2 Å². The lowest BCUT2D eigenvalue weighted by Gasteiger charge is -2.29. The Bertz CT molecular complexity index is 733. The number of halogens is 2. The van der Waals surface area contributed by atoms with Crippen molar-refractivity contribution < 1.29 is 10.2 Å². The van der Waals surface area contributed by atoms with Crippen molar-refractivity contribution in [2.45, 2.75) is 12.5 Å². The molecule has 1 heterocycles. The van der Waals surface area contributed by atoms with Gasteiger partial charge < -0.3 is 15.1 Å². The molecule has 1 unspecified atom stereocenters. The largest absolute Gasteiger partial charge is 0.496 e. The topological polar surface area (TPSA) is 56.3 Å². The Labute approximate surface area is 153 Å². The molecule has 0 saturated carbocycles. The second kappa shape index (κ2) is 8.38. The van der Waals surface area contributed by atoms with Gasteiger partial charge in [0.15, 0.2) is 0 Å². The van der Waals surface area contributed by atoms with Crippen LogP contribution in [0.3, 0.4) is 0 Å². The van der Waals surface area contributed by atoms with E-state index in [1.807, 2.05) is 50.5 Å². The fourth-order valence-corrected chi connectivity index (χ4v) is 3.10. The average molecular weight is 369 g/mol. The van der Waals surface area contributed by atoms with Gasteiger partial charge in [-0.1, -0.05) is 41.9 Å². The SMILES string of the molecule is COc1cccc2c1C(c1ccccc1Cl)N=C(N(C)C)C2.Cl.O. The minimum atomic E-state index is -0.133. The van der Waals surface area contributed by atoms with Crippen molar-refractivity contribution in [3.8, 4) is 5.75 Å². The number of benzene rings is 2. The summed E-state index contributed by atoms with van der Waals surface area (Å²) in [4.78, 5) is 7.00. The van der Waals surface area contributed by atoms with Crippen LogP contribution in [0.5, 0.6) is 5.75 Å². The molecule has 4 nitrogen and oxygen atoms in total. The third-order valence-corrected chi connectivity index (χ3v) is 4.34. The van der Waals surface area contributed by atoms with E-state index in [4.69, 9.17) is 21.3 Å². The first-order chi connectivity index (χ1) is 10.6. The molecule has 2 aromatic carbocycles. The van der Waals surface area contributed by atoms with Crippen molar-refractivity contribution in [1.29, 1.82) is 0 Å². The normalized spacial score (nSPS) is 15.3. The fraction of sp³-hybridized carbons (Fsp3) is 0.278. The summed E-state index contributed by atoms with van der Waals surface area (Å²) in [5, 5.41) is 0.730. The van der Waals surface area contributed by atoms with Crippen molar-refractivity contribution >= 4 is 29.8 Å². The van der Waals surface area contributed by atoms with E-state index in [0.29, 0.717) is 0 Å². The Morgan fingerprint density at radius 2 is 1.83 bits per heavy atom. The van der Waals surface area contributed by atoms with E-state index < -0.39 is 0 Å². The predicted octanol–water partition coefficient (Wildman–Crippen LogP) is 3.55. The zero-order chi connectivity index (χ0) is 15.7. The van der Waals surface area contributed by atoms with E-state index in [1.165, 1.54) is 5.56 Å². The predicted molar refractivity (Wildman–Crippen MR) is 102 cm³/mol. The van der Waals surface area contributed by atoms with E-state index in [0.717, 1.165) is 34.2 Å². The highest BCUT2D eigenvalue weighted by Crippen LogP contribution is 2.41. The molecule has 2 N–H and O–H groups in total. The summed E-state index contributed by atoms with van der Waals surface area (Å²) >= 11 is 6.42. The number of likely N-dealkylation sites (N-methyl/N-ethyl adjacent to an activating group) is 1. The number of methoxy groups -OCH3 is 1. The summed E-state index contributed by atoms with van der Waals surface area (Å²) in [7, 11) is 5.74. The second-order valence-electron chi connectivity index (χ2n) is 5.57. The highest BCUT2D eigenvalue weighted by Gasteiger charge is 2.28. The molecule has 0 fully saturated rings. The Morgan fingerprint density at radius 1 is 1.12 bits per heavy atom. The zero-order valence-electron chi connectivity index (χ0n) is 13.9. The van der Waals surface area contributed by atoms with Crippen molar-refractivity contribution in [2.24, 2.45) is 4.99 Å². The molecule has 0 aromatic heterocycles. The molecule has 0 bridgehead atoms. The van der Waals surface area contributed by atoms with Crippen molar-refractivity contribution in [3.05, 3.63) is 64.2 Å². The minimum absolute atomic E-state index is 0. The molecule has 0 saturated heterocycles. The van der Waals surface area contributed by atoms with E-state index in [9.17, 15) is 0 Å². The molecule has 0 radical (unpaired) electrons. The van der Waals surface area contributed by atoms with Crippen LogP contribution in [0.25, 0.3) is 0 Å². The van der Waals surface area contributed by atoms with Crippen LogP contribution in [-0.2, 0) is 6.42 Å². The number of aliphatic imine (C=N–C) groups is 1. The molecule has 130 valence electrons. The van der Waals surface area contributed by atoms with Crippen LogP contribution >= 0.6 is 24.0 Å². The standard InChI is InChI=1S/C18H19ClN2O.ClH.H2O/c1-21(2)16-11-12-7-6-10-15(22-3)17(12)18(20-16)13-8-4-5-9-14(13)19;;/h4-10,18H,11H2,1-3H3;1H;1H2. The summed E-state index contributed by atoms with van der Waals surface area (Å²) in [6.07, 6.45) is 0.806. The number of amidine groups is 1. The van der Waals surface area contributed by atoms with Gasteiger partial charge in [-0.25, -0.2) is 0 Å². The lowest BCUT2D eigenvalue weighted by atomic mass is 9.89. The van der Waals surface area contributed by atoms with Crippen LogP contribution < -0.4 is 4.74 Å². The van der Waals surface area contributed by atoms with Gasteiger partial charge in [-0.3, -0.25) is 4.99 Å². The molecule has 3 rings (SSSR count). The minimum Gasteiger partial charge on any atom is -0.496 e. The van der Waals surface area contributed by atoms with Gasteiger partial charge in [0.25, 0.3) is 0 Å². The number of hydrogen-bond acceptors (Lipinski definition) is 3. The molecule has 1 aliphatic heterocycles. The number of fused-ring (bicyclic) bond motifs is 1. The van der Waals surface area contributed by atoms with E-state index >= 15 is 0 Å². The van der Waals surface area contributed by atoms with Gasteiger partial charge in [0.1, 0.15) is 17.6 Å². The molecule has 6 heteroatoms. The summed E-state index contributed by atoms with van der Waals surface area (Å²) < 4.78 is 5.57. The highest BCUT2D eigenvalue weighted by molar-refractivity contribution is 6.31. The maximum atomic E-state index is 6.42. The Balaban J connectivity index is 0.00000144. The quantitative estimate of drug-likeness (QED) is 0.813. The average Bonchev–Trinajstić information content (AvgIpc) is 2.53. The maximum absolute atomic E-state index is 6.42. The van der Waals surface area contributed by atoms with Crippen LogP contribution in [0, 0.1) is 0 Å². The molecule has 1 atom stereocenters. The van der Waals surface area contributed by atoms with Gasteiger partial charge in [0.2, 0.25) is 0 Å². The summed E-state index contributed by atoms with van der Waals surface area (Å²) in [5.74, 6) is 1.91. The highest BCUT2D eigenvalue weighted by atomic mass is 35.5. The molecule has 1 aliphatic rings. The van der Waals surface area contributed by atoms with Gasteiger partial charge in [-0.05, 0) is 23.3 Å². The second-order valence-corrected chi connectivity index (χ2v) is 5.98. The lowest BCUT2D eigenvalue weighted by Crippen LogP contribution is -2.29. The van der Waals surface area contributed by atoms with Crippen LogP contribution in [0.15, 0.2) is 47.5 Å². The van der Waals surface area contributed by atoms with Crippen LogP contribution in [-0.4, -0.2) is 37.4 Å². The molecular weight excluding hydrogens is 347 g/mol. The van der Waals surface area contributed by atoms with E-state index in [2.05, 4.69) is 11.0 Å². The molecule has 2 aromatic rings. The van der Waals surface area contributed by atoms with Gasteiger partial charge in [0.05, 0.1) is 7.11 Å². The van der Waals surface area contributed by atoms with Crippen LogP contribution in [0.4, 0.5) is 0 Å². The molecule has 0 amide bonds. The van der Waals surface area contributed by atoms with Crippen LogP contribution in [0.1, 0.15) is 22.7 Å². The monoisotopic (exact) mass is 368 g/mol. The Hall–Kier alpha value is -1.75. The fourth-order valence-electron chi connectivity index (χ4n) is 2.86. The molecular formula is C18H22Cl2N2O2. The third kappa shape index (κ3) is 3.66. The number of rotatable bonds is 2. The van der Waals surface area contributed by atoms with Crippen molar-refractivity contribution in [3.63, 3.8) is 0 Å². The van der Waals surface area contributed by atoms with Gasteiger partial charge in [0, 0.05) is 31.1 Å². The Morgan fingerprint density at radius 3 is 2.46 bits per heavy atom. The summed E-state index contributed by atoms with van der Waals surface area (Å²) in [6.45, 7) is 0.